The normalized spacial score (nSPS) is 34.8. The maximum absolute atomic E-state index is 4.92. The summed E-state index contributed by atoms with van der Waals surface area (Å²) in [4.78, 5) is 7.50. The van der Waals surface area contributed by atoms with E-state index in [1.165, 1.54) is 51.6 Å². The third-order valence-electron chi connectivity index (χ3n) is 5.01. The molecular weight excluding hydrogens is 250 g/mol. The van der Waals surface area contributed by atoms with Crippen LogP contribution in [0.4, 0.5) is 0 Å². The van der Waals surface area contributed by atoms with Crippen LogP contribution in [0.3, 0.4) is 0 Å². The Morgan fingerprint density at radius 2 is 2.20 bits per heavy atom. The van der Waals surface area contributed by atoms with Gasteiger partial charge in [-0.2, -0.15) is 0 Å². The van der Waals surface area contributed by atoms with Gasteiger partial charge in [0.25, 0.3) is 0 Å². The van der Waals surface area contributed by atoms with Gasteiger partial charge in [-0.1, -0.05) is 11.6 Å². The van der Waals surface area contributed by atoms with Gasteiger partial charge in [0.15, 0.2) is 0 Å². The van der Waals surface area contributed by atoms with Crippen molar-refractivity contribution in [3.8, 4) is 0 Å². The van der Waals surface area contributed by atoms with Crippen molar-refractivity contribution < 1.29 is 4.84 Å². The second kappa shape index (κ2) is 6.61. The molecule has 1 N–H and O–H groups in total. The number of piperidine rings is 2. The fourth-order valence-electron chi connectivity index (χ4n) is 3.97. The van der Waals surface area contributed by atoms with Crippen molar-refractivity contribution in [3.05, 3.63) is 11.8 Å². The van der Waals surface area contributed by atoms with Crippen LogP contribution in [0.5, 0.6) is 0 Å². The smallest absolute Gasteiger partial charge is 0.106 e. The second-order valence-electron chi connectivity index (χ2n) is 6.31. The molecule has 0 aromatic heterocycles. The molecule has 20 heavy (non-hydrogen) atoms. The zero-order valence-electron chi connectivity index (χ0n) is 12.6. The first-order chi connectivity index (χ1) is 9.88. The molecule has 0 aromatic rings. The lowest BCUT2D eigenvalue weighted by atomic mass is 9.80. The molecule has 3 rings (SSSR count). The summed E-state index contributed by atoms with van der Waals surface area (Å²) < 4.78 is 0. The summed E-state index contributed by atoms with van der Waals surface area (Å²) in [5, 5.41) is 7.76. The molecule has 0 bridgehead atoms. The van der Waals surface area contributed by atoms with Gasteiger partial charge in [-0.15, -0.1) is 0 Å². The topological polar surface area (TPSA) is 36.9 Å². The monoisotopic (exact) mass is 277 g/mol. The largest absolute Gasteiger partial charge is 0.399 e. The van der Waals surface area contributed by atoms with E-state index in [4.69, 9.17) is 4.84 Å². The third kappa shape index (κ3) is 3.00. The summed E-state index contributed by atoms with van der Waals surface area (Å²) >= 11 is 0. The Kier molecular flexibility index (Phi) is 4.61. The zero-order valence-corrected chi connectivity index (χ0v) is 12.6. The fourth-order valence-corrected chi connectivity index (χ4v) is 3.97. The zero-order chi connectivity index (χ0) is 13.8. The van der Waals surface area contributed by atoms with Crippen LogP contribution in [0, 0.1) is 5.92 Å². The highest BCUT2D eigenvalue weighted by Gasteiger charge is 2.34. The highest BCUT2D eigenvalue weighted by atomic mass is 16.6. The van der Waals surface area contributed by atoms with E-state index in [0.717, 1.165) is 6.42 Å². The van der Waals surface area contributed by atoms with E-state index in [9.17, 15) is 0 Å². The SMILES string of the molecule is CO/N=C/[C@H]1CC(C2CCCCN2)=CN2CCCC[C@@H]12. The lowest BCUT2D eigenvalue weighted by Gasteiger charge is -2.44. The van der Waals surface area contributed by atoms with E-state index in [-0.39, 0.29) is 0 Å². The summed E-state index contributed by atoms with van der Waals surface area (Å²) in [6, 6.07) is 1.22. The maximum atomic E-state index is 4.92. The van der Waals surface area contributed by atoms with E-state index in [2.05, 4.69) is 21.6 Å². The van der Waals surface area contributed by atoms with Crippen molar-refractivity contribution in [1.82, 2.24) is 10.2 Å². The predicted molar refractivity (Wildman–Crippen MR) is 81.7 cm³/mol. The van der Waals surface area contributed by atoms with Gasteiger partial charge in [-0.3, -0.25) is 0 Å². The summed E-state index contributed by atoms with van der Waals surface area (Å²) in [7, 11) is 1.64. The Bertz CT molecular complexity index is 374. The van der Waals surface area contributed by atoms with Crippen molar-refractivity contribution in [2.75, 3.05) is 20.2 Å². The minimum absolute atomic E-state index is 0.513. The van der Waals surface area contributed by atoms with Gasteiger partial charge < -0.3 is 15.1 Å². The average molecular weight is 277 g/mol. The van der Waals surface area contributed by atoms with E-state index in [1.54, 1.807) is 12.7 Å². The van der Waals surface area contributed by atoms with Crippen molar-refractivity contribution in [2.24, 2.45) is 11.1 Å². The van der Waals surface area contributed by atoms with E-state index < -0.39 is 0 Å². The first-order valence-electron chi connectivity index (χ1n) is 8.15. The number of nitrogens with one attached hydrogen (secondary N) is 1. The Hall–Kier alpha value is -1.03. The molecule has 3 aliphatic rings. The second-order valence-corrected chi connectivity index (χ2v) is 6.31. The molecule has 3 atom stereocenters. The van der Waals surface area contributed by atoms with Crippen molar-refractivity contribution in [2.45, 2.75) is 57.0 Å². The quantitative estimate of drug-likeness (QED) is 0.636. The van der Waals surface area contributed by atoms with Crippen molar-refractivity contribution in [1.29, 1.82) is 0 Å². The van der Waals surface area contributed by atoms with Crippen LogP contribution in [0.15, 0.2) is 16.9 Å². The van der Waals surface area contributed by atoms with Gasteiger partial charge in [0.1, 0.15) is 7.11 Å². The molecule has 3 aliphatic heterocycles. The van der Waals surface area contributed by atoms with Crippen LogP contribution in [0.1, 0.15) is 44.9 Å². The highest BCUT2D eigenvalue weighted by molar-refractivity contribution is 5.62. The molecule has 2 fully saturated rings. The standard InChI is InChI=1S/C16H27N3O/c1-20-18-11-13-10-14(15-6-2-4-8-17-15)12-19-9-5-3-7-16(13)19/h11-13,15-17H,2-10H2,1H3/b18-11+/t13-,15?,16+/m1/s1. The molecule has 2 saturated heterocycles. The van der Waals surface area contributed by atoms with Crippen LogP contribution >= 0.6 is 0 Å². The lowest BCUT2D eigenvalue weighted by molar-refractivity contribution is 0.156. The molecular formula is C16H27N3O. The van der Waals surface area contributed by atoms with E-state index >= 15 is 0 Å². The lowest BCUT2D eigenvalue weighted by Crippen LogP contribution is -2.47. The molecule has 1 unspecified atom stereocenters. The number of rotatable bonds is 3. The number of fused-ring (bicyclic) bond motifs is 1. The molecule has 0 aromatic carbocycles. The fraction of sp³-hybridized carbons (Fsp3) is 0.812. The van der Waals surface area contributed by atoms with Gasteiger partial charge in [0.2, 0.25) is 0 Å². The van der Waals surface area contributed by atoms with Gasteiger partial charge in [-0.05, 0) is 50.6 Å². The van der Waals surface area contributed by atoms with Crippen LogP contribution in [-0.2, 0) is 4.84 Å². The molecule has 0 amide bonds. The van der Waals surface area contributed by atoms with Crippen LogP contribution in [0.2, 0.25) is 0 Å². The van der Waals surface area contributed by atoms with Crippen LogP contribution in [0.25, 0.3) is 0 Å². The molecule has 4 nitrogen and oxygen atoms in total. The Morgan fingerprint density at radius 3 is 3.00 bits per heavy atom. The molecule has 0 spiro atoms. The molecule has 0 saturated carbocycles. The van der Waals surface area contributed by atoms with Gasteiger partial charge >= 0.3 is 0 Å². The highest BCUT2D eigenvalue weighted by Crippen LogP contribution is 2.34. The minimum Gasteiger partial charge on any atom is -0.399 e. The summed E-state index contributed by atoms with van der Waals surface area (Å²) in [6.45, 7) is 2.38. The van der Waals surface area contributed by atoms with Crippen molar-refractivity contribution in [3.63, 3.8) is 0 Å². The summed E-state index contributed by atoms with van der Waals surface area (Å²) in [5.41, 5.74) is 1.58. The molecule has 0 aliphatic carbocycles. The van der Waals surface area contributed by atoms with E-state index in [1.807, 2.05) is 6.21 Å². The number of hydrogen-bond donors (Lipinski definition) is 1. The van der Waals surface area contributed by atoms with Gasteiger partial charge in [0, 0.05) is 37.0 Å². The van der Waals surface area contributed by atoms with Gasteiger partial charge in [-0.25, -0.2) is 0 Å². The average Bonchev–Trinajstić information content (AvgIpc) is 2.53. The molecule has 3 heterocycles. The van der Waals surface area contributed by atoms with E-state index in [0.29, 0.717) is 18.0 Å². The predicted octanol–water partition coefficient (Wildman–Crippen LogP) is 2.52. The number of nitrogens with zero attached hydrogens (tertiary/aromatic N) is 2. The maximum Gasteiger partial charge on any atom is 0.106 e. The summed E-state index contributed by atoms with van der Waals surface area (Å²) in [5.74, 6) is 0.513. The molecule has 0 radical (unpaired) electrons. The van der Waals surface area contributed by atoms with Gasteiger partial charge in [0.05, 0.1) is 0 Å². The molecule has 4 heteroatoms. The third-order valence-corrected chi connectivity index (χ3v) is 5.01. The first kappa shape index (κ1) is 13.9. The van der Waals surface area contributed by atoms with Crippen molar-refractivity contribution >= 4 is 6.21 Å². The summed E-state index contributed by atoms with van der Waals surface area (Å²) in [6.07, 6.45) is 13.6. The Morgan fingerprint density at radius 1 is 1.30 bits per heavy atom. The molecule has 112 valence electrons. The Balaban J connectivity index is 1.76. The van der Waals surface area contributed by atoms with Crippen LogP contribution in [-0.4, -0.2) is 43.4 Å². The Labute approximate surface area is 122 Å². The minimum atomic E-state index is 0.513. The van der Waals surface area contributed by atoms with Crippen LogP contribution < -0.4 is 5.32 Å². The number of oxime groups is 1. The number of hydrogen-bond acceptors (Lipinski definition) is 4. The first-order valence-corrected chi connectivity index (χ1v) is 8.15.